The number of rotatable bonds is 4. The van der Waals surface area contributed by atoms with Crippen molar-refractivity contribution in [2.45, 2.75) is 13.8 Å². The van der Waals surface area contributed by atoms with E-state index < -0.39 is 12.1 Å². The van der Waals surface area contributed by atoms with Crippen LogP contribution >= 0.6 is 0 Å². The highest BCUT2D eigenvalue weighted by Gasteiger charge is 2.07. The highest BCUT2D eigenvalue weighted by molar-refractivity contribution is 5.87. The first kappa shape index (κ1) is 12.3. The zero-order chi connectivity index (χ0) is 11.0. The van der Waals surface area contributed by atoms with Crippen molar-refractivity contribution in [2.75, 3.05) is 13.2 Å². The van der Waals surface area contributed by atoms with Crippen LogP contribution in [0.2, 0.25) is 0 Å². The minimum atomic E-state index is -0.863. The largest absolute Gasteiger partial charge is 0.461 e. The van der Waals surface area contributed by atoms with E-state index in [1.54, 1.807) is 13.8 Å². The van der Waals surface area contributed by atoms with E-state index in [2.05, 4.69) is 26.3 Å². The van der Waals surface area contributed by atoms with Gasteiger partial charge in [0.25, 0.3) is 0 Å². The van der Waals surface area contributed by atoms with E-state index in [1.165, 1.54) is 0 Å². The molecule has 0 rings (SSSR count). The molecule has 0 aliphatic rings. The van der Waals surface area contributed by atoms with Crippen LogP contribution in [-0.2, 0) is 14.3 Å². The monoisotopic (exact) mass is 200 g/mol. The third kappa shape index (κ3) is 5.02. The molecule has 0 unspecified atom stereocenters. The van der Waals surface area contributed by atoms with Crippen molar-refractivity contribution in [3.63, 3.8) is 0 Å². The summed E-state index contributed by atoms with van der Waals surface area (Å²) in [6, 6.07) is 0. The molecule has 0 saturated heterocycles. The number of hydrogen-bond acceptors (Lipinski definition) is 5. The third-order valence-electron chi connectivity index (χ3n) is 1.03. The number of azo groups is 1. The van der Waals surface area contributed by atoms with Crippen LogP contribution in [0.5, 0.6) is 0 Å². The Morgan fingerprint density at radius 3 is 2.21 bits per heavy atom. The van der Waals surface area contributed by atoms with Gasteiger partial charge < -0.3 is 9.47 Å². The van der Waals surface area contributed by atoms with Gasteiger partial charge in [-0.2, -0.15) is 0 Å². The summed E-state index contributed by atoms with van der Waals surface area (Å²) in [6.07, 6.45) is -0.863. The number of carbonyl (C=O) groups is 2. The fourth-order valence-corrected chi connectivity index (χ4v) is 0.509. The lowest BCUT2D eigenvalue weighted by molar-refractivity contribution is -0.138. The van der Waals surface area contributed by atoms with Gasteiger partial charge in [-0.3, -0.25) is 0 Å². The summed E-state index contributed by atoms with van der Waals surface area (Å²) in [5.41, 5.74) is -0.236. The minimum absolute atomic E-state index is 0.198. The molecular formula is C8H12N2O4. The van der Waals surface area contributed by atoms with Gasteiger partial charge in [-0.15, -0.1) is 5.11 Å². The predicted octanol–water partition coefficient (Wildman–Crippen LogP) is 1.67. The first-order valence-electron chi connectivity index (χ1n) is 4.06. The van der Waals surface area contributed by atoms with E-state index in [9.17, 15) is 9.59 Å². The van der Waals surface area contributed by atoms with Crippen LogP contribution in [0.15, 0.2) is 22.5 Å². The lowest BCUT2D eigenvalue weighted by Crippen LogP contribution is -2.05. The Balaban J connectivity index is 4.04. The second kappa shape index (κ2) is 6.76. The standard InChI is InChI=1S/C8H12N2O4/c1-4-13-7(11)6(3)9-10-8(12)14-5-2/h3-5H2,1-2H3. The van der Waals surface area contributed by atoms with Crippen LogP contribution in [-0.4, -0.2) is 25.3 Å². The number of esters is 1. The lowest BCUT2D eigenvalue weighted by atomic mass is 10.5. The molecule has 0 aromatic carbocycles. The average molecular weight is 200 g/mol. The van der Waals surface area contributed by atoms with E-state index >= 15 is 0 Å². The molecule has 6 nitrogen and oxygen atoms in total. The summed E-state index contributed by atoms with van der Waals surface area (Å²) in [5.74, 6) is -0.708. The molecule has 6 heteroatoms. The number of ether oxygens (including phenoxy) is 2. The SMILES string of the molecule is C=C(N=NC(=O)OCC)C(=O)OCC. The average Bonchev–Trinajstić information content (AvgIpc) is 2.15. The summed E-state index contributed by atoms with van der Waals surface area (Å²) in [6.45, 7) is 6.95. The number of amides is 1. The molecule has 1 amide bonds. The molecule has 0 aliphatic heterocycles. The Kier molecular flexibility index (Phi) is 5.93. The van der Waals surface area contributed by atoms with Crippen LogP contribution in [0.1, 0.15) is 13.8 Å². The summed E-state index contributed by atoms with van der Waals surface area (Å²) < 4.78 is 8.99. The number of nitrogens with zero attached hydrogens (tertiary/aromatic N) is 2. The maximum atomic E-state index is 10.9. The zero-order valence-electron chi connectivity index (χ0n) is 8.15. The van der Waals surface area contributed by atoms with Gasteiger partial charge in [0.05, 0.1) is 13.2 Å². The Morgan fingerprint density at radius 1 is 1.14 bits per heavy atom. The molecule has 0 fully saturated rings. The maximum absolute atomic E-state index is 10.9. The van der Waals surface area contributed by atoms with Crippen molar-refractivity contribution in [2.24, 2.45) is 10.2 Å². The van der Waals surface area contributed by atoms with Gasteiger partial charge in [0, 0.05) is 0 Å². The smallest absolute Gasteiger partial charge is 0.452 e. The summed E-state index contributed by atoms with van der Waals surface area (Å²) in [7, 11) is 0. The van der Waals surface area contributed by atoms with Gasteiger partial charge in [0.2, 0.25) is 0 Å². The molecule has 0 atom stereocenters. The summed E-state index contributed by atoms with van der Waals surface area (Å²) in [4.78, 5) is 21.5. The molecule has 0 saturated carbocycles. The molecule has 0 N–H and O–H groups in total. The zero-order valence-corrected chi connectivity index (χ0v) is 8.15. The quantitative estimate of drug-likeness (QED) is 0.393. The summed E-state index contributed by atoms with van der Waals surface area (Å²) in [5, 5.41) is 6.32. The Labute approximate surface area is 81.6 Å². The fourth-order valence-electron chi connectivity index (χ4n) is 0.509. The lowest BCUT2D eigenvalue weighted by Gasteiger charge is -1.98. The van der Waals surface area contributed by atoms with E-state index in [0.29, 0.717) is 0 Å². The van der Waals surface area contributed by atoms with Crippen molar-refractivity contribution in [1.82, 2.24) is 0 Å². The third-order valence-corrected chi connectivity index (χ3v) is 1.03. The van der Waals surface area contributed by atoms with Gasteiger partial charge >= 0.3 is 12.1 Å². The Hall–Kier alpha value is -1.72. The second-order valence-corrected chi connectivity index (χ2v) is 2.07. The van der Waals surface area contributed by atoms with Crippen LogP contribution < -0.4 is 0 Å². The van der Waals surface area contributed by atoms with Crippen LogP contribution in [0, 0.1) is 0 Å². The van der Waals surface area contributed by atoms with E-state index in [-0.39, 0.29) is 18.9 Å². The van der Waals surface area contributed by atoms with Gasteiger partial charge in [-0.25, -0.2) is 9.59 Å². The van der Waals surface area contributed by atoms with Crippen molar-refractivity contribution < 1.29 is 19.1 Å². The molecule has 0 bridgehead atoms. The fraction of sp³-hybridized carbons (Fsp3) is 0.500. The first-order valence-corrected chi connectivity index (χ1v) is 4.06. The highest BCUT2D eigenvalue weighted by atomic mass is 16.5. The molecule has 0 heterocycles. The number of carbonyl (C=O) groups excluding carboxylic acids is 2. The van der Waals surface area contributed by atoms with Gasteiger partial charge in [0.1, 0.15) is 0 Å². The van der Waals surface area contributed by atoms with E-state index in [1.807, 2.05) is 0 Å². The van der Waals surface area contributed by atoms with Crippen molar-refractivity contribution >= 4 is 12.1 Å². The van der Waals surface area contributed by atoms with Crippen molar-refractivity contribution in [1.29, 1.82) is 0 Å². The molecule has 0 aromatic heterocycles. The molecule has 78 valence electrons. The van der Waals surface area contributed by atoms with Crippen LogP contribution in [0.25, 0.3) is 0 Å². The highest BCUT2D eigenvalue weighted by Crippen LogP contribution is 1.98. The summed E-state index contributed by atoms with van der Waals surface area (Å²) >= 11 is 0. The second-order valence-electron chi connectivity index (χ2n) is 2.07. The molecule has 14 heavy (non-hydrogen) atoms. The number of hydrogen-bond donors (Lipinski definition) is 0. The van der Waals surface area contributed by atoms with Crippen LogP contribution in [0.4, 0.5) is 4.79 Å². The normalized spacial score (nSPS) is 9.86. The van der Waals surface area contributed by atoms with Gasteiger partial charge in [0.15, 0.2) is 5.70 Å². The molecular weight excluding hydrogens is 188 g/mol. The molecule has 0 aromatic rings. The van der Waals surface area contributed by atoms with Crippen molar-refractivity contribution in [3.8, 4) is 0 Å². The maximum Gasteiger partial charge on any atom is 0.452 e. The minimum Gasteiger partial charge on any atom is -0.461 e. The molecule has 0 spiro atoms. The molecule has 0 radical (unpaired) electrons. The topological polar surface area (TPSA) is 77.3 Å². The van der Waals surface area contributed by atoms with Crippen LogP contribution in [0.3, 0.4) is 0 Å². The Morgan fingerprint density at radius 2 is 1.71 bits per heavy atom. The van der Waals surface area contributed by atoms with Gasteiger partial charge in [-0.1, -0.05) is 11.7 Å². The van der Waals surface area contributed by atoms with E-state index in [4.69, 9.17) is 0 Å². The Bertz CT molecular complexity index is 260. The predicted molar refractivity (Wildman–Crippen MR) is 47.7 cm³/mol. The first-order chi connectivity index (χ1) is 6.61. The van der Waals surface area contributed by atoms with Gasteiger partial charge in [-0.05, 0) is 13.8 Å². The molecule has 0 aliphatic carbocycles. The van der Waals surface area contributed by atoms with E-state index in [0.717, 1.165) is 0 Å². The van der Waals surface area contributed by atoms with Crippen molar-refractivity contribution in [3.05, 3.63) is 12.3 Å².